The van der Waals surface area contributed by atoms with Gasteiger partial charge in [-0.2, -0.15) is 5.26 Å². The van der Waals surface area contributed by atoms with Gasteiger partial charge in [0.2, 0.25) is 10.0 Å². The summed E-state index contributed by atoms with van der Waals surface area (Å²) in [6.45, 7) is 0.400. The maximum absolute atomic E-state index is 11.2. The fourth-order valence-electron chi connectivity index (χ4n) is 2.04. The summed E-state index contributed by atoms with van der Waals surface area (Å²) in [5.74, 6) is 0.461. The van der Waals surface area contributed by atoms with Gasteiger partial charge in [-0.25, -0.2) is 13.6 Å². The van der Waals surface area contributed by atoms with E-state index in [1.807, 2.05) is 6.07 Å². The number of benzene rings is 2. The third-order valence-electron chi connectivity index (χ3n) is 3.20. The molecule has 0 spiro atoms. The van der Waals surface area contributed by atoms with Gasteiger partial charge in [0.05, 0.1) is 29.3 Å². The molecule has 0 fully saturated rings. The van der Waals surface area contributed by atoms with Gasteiger partial charge in [0.25, 0.3) is 0 Å². The molecule has 0 unspecified atom stereocenters. The van der Waals surface area contributed by atoms with Gasteiger partial charge in [0.15, 0.2) is 0 Å². The number of nitriles is 1. The van der Waals surface area contributed by atoms with Crippen molar-refractivity contribution < 1.29 is 13.2 Å². The Morgan fingerprint density at radius 2 is 1.91 bits per heavy atom. The first-order valence-corrected chi connectivity index (χ1v) is 8.13. The maximum atomic E-state index is 11.2. The Balaban J connectivity index is 2.20. The van der Waals surface area contributed by atoms with Crippen LogP contribution >= 0.6 is 0 Å². The van der Waals surface area contributed by atoms with Crippen molar-refractivity contribution in [3.63, 3.8) is 0 Å². The lowest BCUT2D eigenvalue weighted by Crippen LogP contribution is -2.12. The average Bonchev–Trinajstić information content (AvgIpc) is 2.52. The summed E-state index contributed by atoms with van der Waals surface area (Å²) in [6, 6.07) is 11.3. The molecule has 0 saturated carbocycles. The Hall–Kier alpha value is -2.76. The number of rotatable bonds is 5. The number of sulfonamides is 1. The average molecular weight is 332 g/mol. The molecule has 23 heavy (non-hydrogen) atoms. The third kappa shape index (κ3) is 3.91. The number of nitrogens with zero attached hydrogens (tertiary/aromatic N) is 1. The highest BCUT2D eigenvalue weighted by atomic mass is 32.2. The summed E-state index contributed by atoms with van der Waals surface area (Å²) >= 11 is 0. The summed E-state index contributed by atoms with van der Waals surface area (Å²) in [7, 11) is -2.21. The number of hydrogen-bond donors (Lipinski definition) is 3. The van der Waals surface area contributed by atoms with Crippen LogP contribution in [0.5, 0.6) is 5.75 Å². The van der Waals surface area contributed by atoms with Crippen LogP contribution in [0.4, 0.5) is 11.4 Å². The lowest BCUT2D eigenvalue weighted by Gasteiger charge is -2.14. The Kier molecular flexibility index (Phi) is 4.74. The molecule has 0 bridgehead atoms. The first-order valence-electron chi connectivity index (χ1n) is 6.58. The molecule has 2 aromatic carbocycles. The molecule has 7 nitrogen and oxygen atoms in total. The minimum atomic E-state index is -3.70. The standard InChI is InChI=1S/C15H16N4O3S/c1-22-14-7-11(8-16)6-13(17)15(14)19-9-10-2-4-12(5-3-10)23(18,20)21/h2-7,19H,9,17H2,1H3,(H2,18,20,21). The van der Waals surface area contributed by atoms with Gasteiger partial charge in [-0.1, -0.05) is 12.1 Å². The molecule has 0 saturated heterocycles. The molecule has 0 amide bonds. The van der Waals surface area contributed by atoms with Crippen molar-refractivity contribution >= 4 is 21.4 Å². The number of anilines is 2. The zero-order chi connectivity index (χ0) is 17.0. The van der Waals surface area contributed by atoms with Crippen molar-refractivity contribution in [2.45, 2.75) is 11.4 Å². The van der Waals surface area contributed by atoms with Gasteiger partial charge >= 0.3 is 0 Å². The van der Waals surface area contributed by atoms with E-state index in [-0.39, 0.29) is 4.90 Å². The molecular weight excluding hydrogens is 316 g/mol. The number of nitrogens with two attached hydrogens (primary N) is 2. The van der Waals surface area contributed by atoms with Crippen molar-refractivity contribution in [1.29, 1.82) is 5.26 Å². The molecule has 0 radical (unpaired) electrons. The molecule has 0 atom stereocenters. The van der Waals surface area contributed by atoms with Crippen molar-refractivity contribution in [2.24, 2.45) is 5.14 Å². The summed E-state index contributed by atoms with van der Waals surface area (Å²) in [6.07, 6.45) is 0. The molecule has 2 rings (SSSR count). The molecule has 0 aliphatic heterocycles. The lowest BCUT2D eigenvalue weighted by molar-refractivity contribution is 0.416. The van der Waals surface area contributed by atoms with Gasteiger partial charge in [0.1, 0.15) is 11.4 Å². The predicted octanol–water partition coefficient (Wildman–Crippen LogP) is 1.41. The van der Waals surface area contributed by atoms with Crippen molar-refractivity contribution in [3.05, 3.63) is 47.5 Å². The molecule has 0 aliphatic carbocycles. The van der Waals surface area contributed by atoms with E-state index in [1.165, 1.54) is 19.2 Å². The molecule has 120 valence electrons. The third-order valence-corrected chi connectivity index (χ3v) is 4.13. The smallest absolute Gasteiger partial charge is 0.238 e. The van der Waals surface area contributed by atoms with Gasteiger partial charge in [-0.3, -0.25) is 0 Å². The predicted molar refractivity (Wildman–Crippen MR) is 87.3 cm³/mol. The molecule has 2 aromatic rings. The number of methoxy groups -OCH3 is 1. The normalized spacial score (nSPS) is 10.8. The van der Waals surface area contributed by atoms with Crippen molar-refractivity contribution in [3.8, 4) is 11.8 Å². The summed E-state index contributed by atoms with van der Waals surface area (Å²) < 4.78 is 27.7. The zero-order valence-electron chi connectivity index (χ0n) is 12.4. The SMILES string of the molecule is COc1cc(C#N)cc(N)c1NCc1ccc(S(N)(=O)=O)cc1. The summed E-state index contributed by atoms with van der Waals surface area (Å²) in [4.78, 5) is 0.0525. The summed E-state index contributed by atoms with van der Waals surface area (Å²) in [5, 5.41) is 17.1. The Labute approximate surface area is 134 Å². The van der Waals surface area contributed by atoms with E-state index in [2.05, 4.69) is 5.32 Å². The van der Waals surface area contributed by atoms with E-state index >= 15 is 0 Å². The van der Waals surface area contributed by atoms with Gasteiger partial charge in [0, 0.05) is 12.6 Å². The van der Waals surface area contributed by atoms with E-state index < -0.39 is 10.0 Å². The molecule has 0 heterocycles. The van der Waals surface area contributed by atoms with Crippen LogP contribution in [0.3, 0.4) is 0 Å². The Morgan fingerprint density at radius 3 is 2.43 bits per heavy atom. The summed E-state index contributed by atoms with van der Waals surface area (Å²) in [5.41, 5.74) is 8.13. The van der Waals surface area contributed by atoms with Crippen molar-refractivity contribution in [1.82, 2.24) is 0 Å². The number of ether oxygens (including phenoxy) is 1. The highest BCUT2D eigenvalue weighted by Crippen LogP contribution is 2.32. The van der Waals surface area contributed by atoms with Crippen LogP contribution in [0.2, 0.25) is 0 Å². The largest absolute Gasteiger partial charge is 0.494 e. The maximum Gasteiger partial charge on any atom is 0.238 e. The van der Waals surface area contributed by atoms with E-state index in [1.54, 1.807) is 24.3 Å². The first kappa shape index (κ1) is 16.6. The minimum absolute atomic E-state index is 0.0525. The molecular formula is C15H16N4O3S. The highest BCUT2D eigenvalue weighted by molar-refractivity contribution is 7.89. The molecule has 0 aliphatic rings. The fourth-order valence-corrected chi connectivity index (χ4v) is 2.55. The van der Waals surface area contributed by atoms with E-state index in [4.69, 9.17) is 20.9 Å². The van der Waals surface area contributed by atoms with E-state index in [9.17, 15) is 8.42 Å². The molecule has 0 aromatic heterocycles. The van der Waals surface area contributed by atoms with Gasteiger partial charge in [-0.15, -0.1) is 0 Å². The second-order valence-electron chi connectivity index (χ2n) is 4.80. The monoisotopic (exact) mass is 332 g/mol. The molecule has 8 heteroatoms. The first-order chi connectivity index (χ1) is 10.8. The number of nitrogens with one attached hydrogen (secondary N) is 1. The fraction of sp³-hybridized carbons (Fsp3) is 0.133. The van der Waals surface area contributed by atoms with Crippen molar-refractivity contribution in [2.75, 3.05) is 18.2 Å². The van der Waals surface area contributed by atoms with E-state index in [0.29, 0.717) is 29.2 Å². The Bertz CT molecular complexity index is 856. The van der Waals surface area contributed by atoms with Crippen LogP contribution < -0.4 is 20.9 Å². The number of hydrogen-bond acceptors (Lipinski definition) is 6. The van der Waals surface area contributed by atoms with Crippen LogP contribution in [-0.4, -0.2) is 15.5 Å². The quantitative estimate of drug-likeness (QED) is 0.709. The zero-order valence-corrected chi connectivity index (χ0v) is 13.2. The van der Waals surface area contributed by atoms with Crippen LogP contribution in [0.1, 0.15) is 11.1 Å². The van der Waals surface area contributed by atoms with Crippen LogP contribution in [-0.2, 0) is 16.6 Å². The second kappa shape index (κ2) is 6.56. The number of nitrogen functional groups attached to an aromatic ring is 1. The minimum Gasteiger partial charge on any atom is -0.494 e. The van der Waals surface area contributed by atoms with Crippen LogP contribution in [0.15, 0.2) is 41.3 Å². The lowest BCUT2D eigenvalue weighted by atomic mass is 10.1. The van der Waals surface area contributed by atoms with E-state index in [0.717, 1.165) is 5.56 Å². The highest BCUT2D eigenvalue weighted by Gasteiger charge is 2.10. The van der Waals surface area contributed by atoms with Gasteiger partial charge < -0.3 is 15.8 Å². The Morgan fingerprint density at radius 1 is 1.26 bits per heavy atom. The topological polar surface area (TPSA) is 131 Å². The second-order valence-corrected chi connectivity index (χ2v) is 6.36. The van der Waals surface area contributed by atoms with Crippen LogP contribution in [0.25, 0.3) is 0 Å². The van der Waals surface area contributed by atoms with Crippen LogP contribution in [0, 0.1) is 11.3 Å². The number of primary sulfonamides is 1. The van der Waals surface area contributed by atoms with Gasteiger partial charge in [-0.05, 0) is 23.8 Å². The molecule has 5 N–H and O–H groups in total.